The van der Waals surface area contributed by atoms with Crippen LogP contribution in [0.5, 0.6) is 0 Å². The first-order valence-corrected chi connectivity index (χ1v) is 4.60. The van der Waals surface area contributed by atoms with Gasteiger partial charge in [-0.3, -0.25) is 0 Å². The topological polar surface area (TPSA) is 0 Å². The molecule has 0 unspecified atom stereocenters. The molecule has 0 saturated carbocycles. The van der Waals surface area contributed by atoms with E-state index in [1.165, 1.54) is 30.8 Å². The van der Waals surface area contributed by atoms with Crippen LogP contribution in [-0.2, 0) is 0 Å². The van der Waals surface area contributed by atoms with Crippen LogP contribution < -0.4 is 0 Å². The zero-order valence-electron chi connectivity index (χ0n) is 4.65. The van der Waals surface area contributed by atoms with Crippen LogP contribution in [0.1, 0.15) is 19.3 Å². The zero-order chi connectivity index (χ0) is 5.11. The highest BCUT2D eigenvalue weighted by molar-refractivity contribution is 8.14. The third kappa shape index (κ3) is 1.64. The average Bonchev–Trinajstić information content (AvgIpc) is 1.69. The highest BCUT2D eigenvalue weighted by atomic mass is 32.2. The van der Waals surface area contributed by atoms with Crippen molar-refractivity contribution in [2.24, 2.45) is 0 Å². The maximum atomic E-state index is 4.03. The molecular formula is C6H12S. The summed E-state index contributed by atoms with van der Waals surface area (Å²) < 4.78 is 0. The predicted molar refractivity (Wildman–Crippen MR) is 38.3 cm³/mol. The van der Waals surface area contributed by atoms with E-state index in [9.17, 15) is 0 Å². The number of hydrogen-bond acceptors (Lipinski definition) is 0. The Morgan fingerprint density at radius 2 is 1.57 bits per heavy atom. The normalized spacial score (nSPS) is 25.1. The van der Waals surface area contributed by atoms with Crippen molar-refractivity contribution in [2.75, 3.05) is 11.5 Å². The molecule has 1 aliphatic heterocycles. The molecule has 0 N–H and O–H groups in total. The predicted octanol–water partition coefficient (Wildman–Crippen LogP) is 1.87. The second-order valence-corrected chi connectivity index (χ2v) is 4.12. The van der Waals surface area contributed by atoms with Crippen molar-refractivity contribution in [1.29, 1.82) is 0 Å². The molecule has 1 aliphatic rings. The van der Waals surface area contributed by atoms with Crippen molar-refractivity contribution in [2.45, 2.75) is 19.3 Å². The largest absolute Gasteiger partial charge is 0.193 e. The van der Waals surface area contributed by atoms with Gasteiger partial charge in [-0.25, -0.2) is 0 Å². The van der Waals surface area contributed by atoms with Crippen LogP contribution in [0, 0.1) is 0 Å². The highest BCUT2D eigenvalue weighted by Crippen LogP contribution is 2.20. The fourth-order valence-corrected chi connectivity index (χ4v) is 2.32. The van der Waals surface area contributed by atoms with Gasteiger partial charge in [0, 0.05) is 0 Å². The molecule has 7 heavy (non-hydrogen) atoms. The molecule has 0 spiro atoms. The van der Waals surface area contributed by atoms with Gasteiger partial charge in [-0.05, 0) is 24.3 Å². The lowest BCUT2D eigenvalue weighted by Gasteiger charge is -2.11. The maximum absolute atomic E-state index is 4.03. The molecule has 0 atom stereocenters. The van der Waals surface area contributed by atoms with Gasteiger partial charge >= 0.3 is 0 Å². The Morgan fingerprint density at radius 3 is 1.86 bits per heavy atom. The summed E-state index contributed by atoms with van der Waals surface area (Å²) in [5.74, 6) is 6.83. The third-order valence-corrected chi connectivity index (χ3v) is 3.10. The third-order valence-electron chi connectivity index (χ3n) is 1.37. The molecule has 1 fully saturated rings. The van der Waals surface area contributed by atoms with E-state index >= 15 is 0 Å². The van der Waals surface area contributed by atoms with Gasteiger partial charge in [-0.1, -0.05) is 12.3 Å². The Morgan fingerprint density at radius 1 is 1.00 bits per heavy atom. The molecule has 0 aromatic heterocycles. The SMILES string of the molecule is C=S1CCCCC1. The van der Waals surface area contributed by atoms with E-state index in [-0.39, 0.29) is 0 Å². The first kappa shape index (κ1) is 5.36. The van der Waals surface area contributed by atoms with E-state index in [1.54, 1.807) is 0 Å². The molecular weight excluding hydrogens is 104 g/mol. The van der Waals surface area contributed by atoms with Crippen LogP contribution in [0.3, 0.4) is 0 Å². The monoisotopic (exact) mass is 116 g/mol. The quantitative estimate of drug-likeness (QED) is 0.424. The van der Waals surface area contributed by atoms with Gasteiger partial charge in [0.05, 0.1) is 0 Å². The Bertz CT molecular complexity index is 68.2. The van der Waals surface area contributed by atoms with E-state index < -0.39 is 0 Å². The molecule has 42 valence electrons. The van der Waals surface area contributed by atoms with Gasteiger partial charge in [0.25, 0.3) is 0 Å². The van der Waals surface area contributed by atoms with Crippen molar-refractivity contribution < 1.29 is 0 Å². The Labute approximate surface area is 47.9 Å². The summed E-state index contributed by atoms with van der Waals surface area (Å²) in [5, 5.41) is 0. The van der Waals surface area contributed by atoms with Crippen molar-refractivity contribution in [1.82, 2.24) is 0 Å². The minimum atomic E-state index is 0.560. The van der Waals surface area contributed by atoms with Crippen LogP contribution in [0.2, 0.25) is 0 Å². The van der Waals surface area contributed by atoms with Crippen molar-refractivity contribution >= 4 is 16.4 Å². The molecule has 1 rings (SSSR count). The number of hydrogen-bond donors (Lipinski definition) is 0. The van der Waals surface area contributed by atoms with E-state index in [1.807, 2.05) is 0 Å². The molecule has 0 amide bonds. The van der Waals surface area contributed by atoms with Crippen LogP contribution in [0.25, 0.3) is 0 Å². The first-order valence-electron chi connectivity index (χ1n) is 2.87. The van der Waals surface area contributed by atoms with Gasteiger partial charge in [-0.15, -0.1) is 0 Å². The van der Waals surface area contributed by atoms with Crippen molar-refractivity contribution in [3.8, 4) is 0 Å². The standard InChI is InChI=1S/C6H12S/c1-7-5-3-2-4-6-7/h1-6H2. The van der Waals surface area contributed by atoms with Gasteiger partial charge in [0.2, 0.25) is 0 Å². The lowest BCUT2D eigenvalue weighted by atomic mass is 10.3. The van der Waals surface area contributed by atoms with E-state index in [2.05, 4.69) is 5.87 Å². The van der Waals surface area contributed by atoms with Gasteiger partial charge in [-0.2, -0.15) is 10.5 Å². The first-order chi connectivity index (χ1) is 3.39. The Kier molecular flexibility index (Phi) is 1.92. The minimum absolute atomic E-state index is 0.560. The van der Waals surface area contributed by atoms with E-state index in [0.29, 0.717) is 10.5 Å². The molecule has 1 heteroatoms. The lowest BCUT2D eigenvalue weighted by molar-refractivity contribution is 0.764. The summed E-state index contributed by atoms with van der Waals surface area (Å²) in [6.45, 7) is 0. The average molecular weight is 116 g/mol. The second-order valence-electron chi connectivity index (χ2n) is 2.08. The smallest absolute Gasteiger partial charge is 0.0123 e. The molecule has 1 saturated heterocycles. The molecule has 1 heterocycles. The van der Waals surface area contributed by atoms with Crippen molar-refractivity contribution in [3.05, 3.63) is 0 Å². The van der Waals surface area contributed by atoms with Crippen LogP contribution in [0.4, 0.5) is 0 Å². The van der Waals surface area contributed by atoms with Crippen LogP contribution in [-0.4, -0.2) is 17.4 Å². The summed E-state index contributed by atoms with van der Waals surface area (Å²) in [6.07, 6.45) is 4.33. The Hall–Kier alpha value is 0.220. The van der Waals surface area contributed by atoms with Gasteiger partial charge in [0.15, 0.2) is 0 Å². The zero-order valence-corrected chi connectivity index (χ0v) is 5.47. The summed E-state index contributed by atoms with van der Waals surface area (Å²) in [7, 11) is 0.560. The summed E-state index contributed by atoms with van der Waals surface area (Å²) in [6, 6.07) is 0. The fourth-order valence-electron chi connectivity index (χ4n) is 0.891. The second kappa shape index (κ2) is 2.51. The Balaban J connectivity index is 2.25. The summed E-state index contributed by atoms with van der Waals surface area (Å²) in [4.78, 5) is 0. The van der Waals surface area contributed by atoms with E-state index in [0.717, 1.165) is 0 Å². The molecule has 0 aromatic rings. The van der Waals surface area contributed by atoms with Crippen LogP contribution in [0.15, 0.2) is 0 Å². The molecule has 0 aromatic carbocycles. The summed E-state index contributed by atoms with van der Waals surface area (Å²) in [5.41, 5.74) is 0. The molecule has 0 aliphatic carbocycles. The van der Waals surface area contributed by atoms with Gasteiger partial charge < -0.3 is 0 Å². The summed E-state index contributed by atoms with van der Waals surface area (Å²) >= 11 is 0. The van der Waals surface area contributed by atoms with Crippen molar-refractivity contribution in [3.63, 3.8) is 0 Å². The number of rotatable bonds is 0. The maximum Gasteiger partial charge on any atom is -0.0123 e. The molecule has 0 bridgehead atoms. The van der Waals surface area contributed by atoms with E-state index in [4.69, 9.17) is 0 Å². The minimum Gasteiger partial charge on any atom is -0.193 e. The highest BCUT2D eigenvalue weighted by Gasteiger charge is 1.99. The van der Waals surface area contributed by atoms with Crippen LogP contribution >= 0.6 is 10.5 Å². The lowest BCUT2D eigenvalue weighted by Crippen LogP contribution is -1.95. The fraction of sp³-hybridized carbons (Fsp3) is 0.833. The molecule has 0 nitrogen and oxygen atoms in total. The molecule has 0 radical (unpaired) electrons. The van der Waals surface area contributed by atoms with Gasteiger partial charge in [0.1, 0.15) is 0 Å².